The molecule has 96 valence electrons. The van der Waals surface area contributed by atoms with E-state index in [1.807, 2.05) is 25.1 Å². The van der Waals surface area contributed by atoms with E-state index in [4.69, 9.17) is 5.26 Å². The van der Waals surface area contributed by atoms with Gasteiger partial charge < -0.3 is 15.3 Å². The first-order valence-corrected chi connectivity index (χ1v) is 6.21. The normalized spacial score (nSPS) is 28.6. The van der Waals surface area contributed by atoms with Gasteiger partial charge in [-0.25, -0.2) is 0 Å². The number of benzene rings is 1. The maximum absolute atomic E-state index is 10.3. The van der Waals surface area contributed by atoms with Gasteiger partial charge in [-0.3, -0.25) is 0 Å². The minimum atomic E-state index is -0.757. The first-order valence-electron chi connectivity index (χ1n) is 6.21. The van der Waals surface area contributed by atoms with E-state index in [9.17, 15) is 5.11 Å². The predicted octanol–water partition coefficient (Wildman–Crippen LogP) is 1.11. The number of nitrogens with one attached hydrogen (secondary N) is 1. The summed E-state index contributed by atoms with van der Waals surface area (Å²) in [6.07, 6.45) is 0. The third-order valence-electron chi connectivity index (χ3n) is 3.20. The van der Waals surface area contributed by atoms with Gasteiger partial charge in [0.15, 0.2) is 0 Å². The quantitative estimate of drug-likeness (QED) is 0.778. The summed E-state index contributed by atoms with van der Waals surface area (Å²) in [6, 6.07) is 9.98. The Labute approximate surface area is 108 Å². The van der Waals surface area contributed by atoms with Gasteiger partial charge in [-0.15, -0.1) is 0 Å². The van der Waals surface area contributed by atoms with E-state index in [0.717, 1.165) is 12.2 Å². The van der Waals surface area contributed by atoms with Gasteiger partial charge in [0.25, 0.3) is 0 Å². The zero-order valence-electron chi connectivity index (χ0n) is 10.8. The molecule has 0 saturated carbocycles. The van der Waals surface area contributed by atoms with Gasteiger partial charge in [-0.2, -0.15) is 5.26 Å². The number of aliphatic hydroxyl groups is 1. The SMILES string of the molecule is CC1CN(c2cccc(C#N)c2)CC(C)(O)CN1. The minimum absolute atomic E-state index is 0.310. The largest absolute Gasteiger partial charge is 0.387 e. The lowest BCUT2D eigenvalue weighted by Crippen LogP contribution is -2.43. The zero-order valence-corrected chi connectivity index (χ0v) is 10.8. The molecule has 1 heterocycles. The molecule has 1 aromatic carbocycles. The maximum atomic E-state index is 10.3. The molecule has 4 nitrogen and oxygen atoms in total. The van der Waals surface area contributed by atoms with Crippen LogP contribution in [0.4, 0.5) is 5.69 Å². The van der Waals surface area contributed by atoms with Gasteiger partial charge in [-0.1, -0.05) is 6.07 Å². The molecule has 4 heteroatoms. The maximum Gasteiger partial charge on any atom is 0.0992 e. The lowest BCUT2D eigenvalue weighted by molar-refractivity contribution is 0.0718. The van der Waals surface area contributed by atoms with Crippen molar-refractivity contribution in [3.8, 4) is 6.07 Å². The van der Waals surface area contributed by atoms with E-state index < -0.39 is 5.60 Å². The Hall–Kier alpha value is -1.57. The molecule has 18 heavy (non-hydrogen) atoms. The topological polar surface area (TPSA) is 59.3 Å². The average molecular weight is 245 g/mol. The molecule has 2 rings (SSSR count). The molecule has 1 aliphatic heterocycles. The van der Waals surface area contributed by atoms with Crippen LogP contribution in [-0.2, 0) is 0 Å². The summed E-state index contributed by atoms with van der Waals surface area (Å²) in [7, 11) is 0. The van der Waals surface area contributed by atoms with Gasteiger partial charge in [-0.05, 0) is 32.0 Å². The fraction of sp³-hybridized carbons (Fsp3) is 0.500. The van der Waals surface area contributed by atoms with Crippen LogP contribution in [0.5, 0.6) is 0 Å². The second-order valence-corrected chi connectivity index (χ2v) is 5.32. The fourth-order valence-electron chi connectivity index (χ4n) is 2.29. The van der Waals surface area contributed by atoms with Crippen LogP contribution < -0.4 is 10.2 Å². The highest BCUT2D eigenvalue weighted by Crippen LogP contribution is 2.21. The third kappa shape index (κ3) is 3.00. The molecule has 0 bridgehead atoms. The molecule has 2 N–H and O–H groups in total. The average Bonchev–Trinajstić information content (AvgIpc) is 2.48. The lowest BCUT2D eigenvalue weighted by Gasteiger charge is -2.30. The molecule has 0 amide bonds. The van der Waals surface area contributed by atoms with Gasteiger partial charge in [0, 0.05) is 31.4 Å². The first-order chi connectivity index (χ1) is 8.50. The molecule has 1 saturated heterocycles. The third-order valence-corrected chi connectivity index (χ3v) is 3.20. The number of anilines is 1. The molecule has 2 unspecified atom stereocenters. The van der Waals surface area contributed by atoms with E-state index in [0.29, 0.717) is 24.7 Å². The molecule has 0 radical (unpaired) electrons. The van der Waals surface area contributed by atoms with Crippen molar-refractivity contribution >= 4 is 5.69 Å². The summed E-state index contributed by atoms with van der Waals surface area (Å²) < 4.78 is 0. The van der Waals surface area contributed by atoms with E-state index in [2.05, 4.69) is 23.2 Å². The molecule has 0 aliphatic carbocycles. The zero-order chi connectivity index (χ0) is 13.2. The highest BCUT2D eigenvalue weighted by atomic mass is 16.3. The Kier molecular flexibility index (Phi) is 3.55. The number of nitrogens with zero attached hydrogens (tertiary/aromatic N) is 2. The monoisotopic (exact) mass is 245 g/mol. The minimum Gasteiger partial charge on any atom is -0.387 e. The van der Waals surface area contributed by atoms with Gasteiger partial charge in [0.1, 0.15) is 0 Å². The smallest absolute Gasteiger partial charge is 0.0992 e. The molecule has 0 spiro atoms. The molecule has 2 atom stereocenters. The van der Waals surface area contributed by atoms with Gasteiger partial charge in [0.05, 0.1) is 17.2 Å². The predicted molar refractivity (Wildman–Crippen MR) is 71.5 cm³/mol. The Morgan fingerprint density at radius 1 is 1.56 bits per heavy atom. The van der Waals surface area contributed by atoms with Crippen molar-refractivity contribution in [2.75, 3.05) is 24.5 Å². The highest BCUT2D eigenvalue weighted by Gasteiger charge is 2.29. The number of nitriles is 1. The molecule has 0 aromatic heterocycles. The van der Waals surface area contributed by atoms with Crippen molar-refractivity contribution in [2.45, 2.75) is 25.5 Å². The van der Waals surface area contributed by atoms with Crippen LogP contribution >= 0.6 is 0 Å². The van der Waals surface area contributed by atoms with Crippen LogP contribution in [0.25, 0.3) is 0 Å². The van der Waals surface area contributed by atoms with Crippen LogP contribution in [0.1, 0.15) is 19.4 Å². The van der Waals surface area contributed by atoms with Crippen molar-refractivity contribution in [2.24, 2.45) is 0 Å². The van der Waals surface area contributed by atoms with Crippen LogP contribution in [0, 0.1) is 11.3 Å². The molecular formula is C14H19N3O. The van der Waals surface area contributed by atoms with Crippen molar-refractivity contribution in [1.29, 1.82) is 5.26 Å². The van der Waals surface area contributed by atoms with Crippen molar-refractivity contribution in [3.05, 3.63) is 29.8 Å². The van der Waals surface area contributed by atoms with Crippen molar-refractivity contribution < 1.29 is 5.11 Å². The number of hydrogen-bond donors (Lipinski definition) is 2. The van der Waals surface area contributed by atoms with E-state index in [1.165, 1.54) is 0 Å². The van der Waals surface area contributed by atoms with Crippen LogP contribution in [0.15, 0.2) is 24.3 Å². The number of hydrogen-bond acceptors (Lipinski definition) is 4. The molecular weight excluding hydrogens is 226 g/mol. The summed E-state index contributed by atoms with van der Waals surface area (Å²) in [6.45, 7) is 5.91. The Morgan fingerprint density at radius 3 is 3.06 bits per heavy atom. The van der Waals surface area contributed by atoms with Crippen molar-refractivity contribution in [1.82, 2.24) is 5.32 Å². The molecule has 1 aliphatic rings. The van der Waals surface area contributed by atoms with Crippen molar-refractivity contribution in [3.63, 3.8) is 0 Å². The van der Waals surface area contributed by atoms with Crippen LogP contribution in [0.3, 0.4) is 0 Å². The standard InChI is InChI=1S/C14H19N3O/c1-11-8-17(10-14(2,18)9-16-11)13-5-3-4-12(6-13)7-15/h3-6,11,16,18H,8-10H2,1-2H3. The Morgan fingerprint density at radius 2 is 2.33 bits per heavy atom. The Balaban J connectivity index is 2.27. The summed E-state index contributed by atoms with van der Waals surface area (Å²) in [4.78, 5) is 2.13. The Bertz CT molecular complexity index is 464. The molecule has 1 fully saturated rings. The number of rotatable bonds is 1. The molecule has 1 aromatic rings. The lowest BCUT2D eigenvalue weighted by atomic mass is 10.1. The van der Waals surface area contributed by atoms with E-state index in [1.54, 1.807) is 6.07 Å². The second-order valence-electron chi connectivity index (χ2n) is 5.32. The van der Waals surface area contributed by atoms with E-state index in [-0.39, 0.29) is 0 Å². The summed E-state index contributed by atoms with van der Waals surface area (Å²) in [5.74, 6) is 0. The van der Waals surface area contributed by atoms with Crippen LogP contribution in [-0.4, -0.2) is 36.4 Å². The first kappa shape index (κ1) is 12.9. The highest BCUT2D eigenvalue weighted by molar-refractivity contribution is 5.52. The number of β-amino-alcohol motifs (C(OH)–C–C–N with tert-alkyl or cyclic N) is 1. The summed E-state index contributed by atoms with van der Waals surface area (Å²) in [5, 5.41) is 22.5. The summed E-state index contributed by atoms with van der Waals surface area (Å²) >= 11 is 0. The van der Waals surface area contributed by atoms with E-state index >= 15 is 0 Å². The fourth-order valence-corrected chi connectivity index (χ4v) is 2.29. The summed E-state index contributed by atoms with van der Waals surface area (Å²) in [5.41, 5.74) is 0.884. The van der Waals surface area contributed by atoms with Gasteiger partial charge in [0.2, 0.25) is 0 Å². The van der Waals surface area contributed by atoms with Gasteiger partial charge >= 0.3 is 0 Å². The second kappa shape index (κ2) is 4.97. The van der Waals surface area contributed by atoms with Crippen LogP contribution in [0.2, 0.25) is 0 Å².